The summed E-state index contributed by atoms with van der Waals surface area (Å²) in [6.45, 7) is 2.52. The summed E-state index contributed by atoms with van der Waals surface area (Å²) in [4.78, 5) is 21.8. The maximum atomic E-state index is 11.6. The molecule has 98 valence electrons. The molecule has 0 aliphatic carbocycles. The monoisotopic (exact) mass is 250 g/mol. The van der Waals surface area contributed by atoms with Crippen LogP contribution in [0.4, 0.5) is 0 Å². The minimum atomic E-state index is -0.0283. The van der Waals surface area contributed by atoms with Gasteiger partial charge in [-0.1, -0.05) is 0 Å². The van der Waals surface area contributed by atoms with Gasteiger partial charge in [0.05, 0.1) is 19.8 Å². The summed E-state index contributed by atoms with van der Waals surface area (Å²) >= 11 is 0. The Kier molecular flexibility index (Phi) is 4.60. The van der Waals surface area contributed by atoms with Gasteiger partial charge in [0.15, 0.2) is 0 Å². The number of ether oxygens (including phenoxy) is 1. The van der Waals surface area contributed by atoms with Crippen LogP contribution in [0.15, 0.2) is 18.5 Å². The average Bonchev–Trinajstić information content (AvgIpc) is 2.65. The van der Waals surface area contributed by atoms with Crippen molar-refractivity contribution < 1.29 is 9.53 Å². The summed E-state index contributed by atoms with van der Waals surface area (Å²) in [5.74, 6) is 0.984. The minimum Gasteiger partial charge on any atom is -0.379 e. The first-order valence-corrected chi connectivity index (χ1v) is 6.11. The lowest BCUT2D eigenvalue weighted by Gasteiger charge is -2.22. The Morgan fingerprint density at radius 2 is 2.28 bits per heavy atom. The zero-order valence-corrected chi connectivity index (χ0v) is 10.3. The number of carbonyl (C=O) groups excluding carboxylic acids is 1. The van der Waals surface area contributed by atoms with E-state index in [9.17, 15) is 4.79 Å². The Bertz CT molecular complexity index is 385. The first-order valence-electron chi connectivity index (χ1n) is 6.11. The molecule has 1 aliphatic rings. The Labute approximate surface area is 106 Å². The highest BCUT2D eigenvalue weighted by atomic mass is 16.5. The largest absolute Gasteiger partial charge is 0.379 e. The fourth-order valence-corrected chi connectivity index (χ4v) is 2.05. The van der Waals surface area contributed by atoms with Crippen LogP contribution in [-0.2, 0) is 16.0 Å². The van der Waals surface area contributed by atoms with Crippen molar-refractivity contribution in [3.8, 4) is 0 Å². The van der Waals surface area contributed by atoms with Gasteiger partial charge in [0.1, 0.15) is 5.82 Å². The molecule has 0 saturated carbocycles. The Morgan fingerprint density at radius 1 is 1.50 bits per heavy atom. The maximum absolute atomic E-state index is 11.6. The van der Waals surface area contributed by atoms with Crippen LogP contribution in [0, 0.1) is 5.92 Å². The van der Waals surface area contributed by atoms with E-state index in [1.165, 1.54) is 0 Å². The molecule has 1 aromatic heterocycles. The lowest BCUT2D eigenvalue weighted by atomic mass is 10.1. The zero-order valence-electron chi connectivity index (χ0n) is 10.3. The number of nitrogens with two attached hydrogens (primary N) is 1. The first kappa shape index (κ1) is 12.9. The molecule has 6 heteroatoms. The molecule has 2 heterocycles. The van der Waals surface area contributed by atoms with Crippen molar-refractivity contribution in [2.75, 3.05) is 32.8 Å². The van der Waals surface area contributed by atoms with Gasteiger partial charge in [-0.05, 0) is 6.07 Å². The van der Waals surface area contributed by atoms with E-state index in [1.807, 2.05) is 0 Å². The molecule has 1 amide bonds. The highest BCUT2D eigenvalue weighted by Gasteiger charge is 2.22. The van der Waals surface area contributed by atoms with Crippen molar-refractivity contribution in [3.05, 3.63) is 24.3 Å². The second kappa shape index (κ2) is 6.42. The summed E-state index contributed by atoms with van der Waals surface area (Å²) in [6, 6.07) is 1.79. The zero-order chi connectivity index (χ0) is 12.8. The third kappa shape index (κ3) is 3.48. The molecule has 0 radical (unpaired) electrons. The molecule has 0 spiro atoms. The molecule has 1 saturated heterocycles. The van der Waals surface area contributed by atoms with Gasteiger partial charge in [-0.25, -0.2) is 9.97 Å². The van der Waals surface area contributed by atoms with Crippen molar-refractivity contribution in [2.24, 2.45) is 11.7 Å². The van der Waals surface area contributed by atoms with E-state index in [1.54, 1.807) is 23.4 Å². The molecule has 1 aliphatic heterocycles. The van der Waals surface area contributed by atoms with Gasteiger partial charge in [-0.3, -0.25) is 4.79 Å². The predicted octanol–water partition coefficient (Wildman–Crippen LogP) is -0.547. The number of amides is 1. The van der Waals surface area contributed by atoms with Gasteiger partial charge in [0.25, 0.3) is 0 Å². The molecule has 0 unspecified atom stereocenters. The fraction of sp³-hybridized carbons (Fsp3) is 0.583. The maximum Gasteiger partial charge on any atom is 0.236 e. The van der Waals surface area contributed by atoms with Crippen LogP contribution in [-0.4, -0.2) is 53.6 Å². The first-order chi connectivity index (χ1) is 8.79. The second-order valence-electron chi connectivity index (χ2n) is 4.35. The normalized spacial score (nSPS) is 20.5. The molecule has 0 aromatic carbocycles. The number of rotatable bonds is 3. The van der Waals surface area contributed by atoms with Gasteiger partial charge < -0.3 is 15.4 Å². The average molecular weight is 250 g/mol. The Morgan fingerprint density at radius 3 is 3.00 bits per heavy atom. The van der Waals surface area contributed by atoms with Crippen LogP contribution in [0.2, 0.25) is 0 Å². The molecule has 2 N–H and O–H groups in total. The number of aromatic nitrogens is 2. The van der Waals surface area contributed by atoms with Crippen LogP contribution in [0.1, 0.15) is 5.82 Å². The summed E-state index contributed by atoms with van der Waals surface area (Å²) in [6.07, 6.45) is 4.17. The molecular weight excluding hydrogens is 232 g/mol. The van der Waals surface area contributed by atoms with Crippen molar-refractivity contribution in [3.63, 3.8) is 0 Å². The van der Waals surface area contributed by atoms with E-state index in [-0.39, 0.29) is 18.4 Å². The van der Waals surface area contributed by atoms with Crippen molar-refractivity contribution in [1.82, 2.24) is 14.9 Å². The Hall–Kier alpha value is -1.53. The van der Waals surface area contributed by atoms with Crippen LogP contribution >= 0.6 is 0 Å². The fourth-order valence-electron chi connectivity index (χ4n) is 2.05. The van der Waals surface area contributed by atoms with Crippen molar-refractivity contribution in [2.45, 2.75) is 6.42 Å². The predicted molar refractivity (Wildman–Crippen MR) is 65.7 cm³/mol. The number of hydrogen-bond donors (Lipinski definition) is 1. The number of carbonyl (C=O) groups is 1. The third-order valence-electron chi connectivity index (χ3n) is 2.96. The van der Waals surface area contributed by atoms with Gasteiger partial charge >= 0.3 is 0 Å². The second-order valence-corrected chi connectivity index (χ2v) is 4.35. The van der Waals surface area contributed by atoms with Crippen LogP contribution < -0.4 is 5.73 Å². The summed E-state index contributed by atoms with van der Waals surface area (Å²) < 4.78 is 5.51. The van der Waals surface area contributed by atoms with Crippen molar-refractivity contribution in [1.29, 1.82) is 0 Å². The van der Waals surface area contributed by atoms with E-state index in [2.05, 4.69) is 9.97 Å². The standard InChI is InChI=1S/C12H18N4O2/c13-7-12(17)16-4-5-18-9-10(8-16)6-11-14-2-1-3-15-11/h1-3,10H,4-9,13H2/t10-/m1/s1. The lowest BCUT2D eigenvalue weighted by Crippen LogP contribution is -2.40. The van der Waals surface area contributed by atoms with Crippen LogP contribution in [0.25, 0.3) is 0 Å². The van der Waals surface area contributed by atoms with Crippen LogP contribution in [0.5, 0.6) is 0 Å². The molecule has 6 nitrogen and oxygen atoms in total. The molecule has 2 rings (SSSR count). The topological polar surface area (TPSA) is 81.3 Å². The summed E-state index contributed by atoms with van der Waals surface area (Å²) in [5.41, 5.74) is 5.40. The van der Waals surface area contributed by atoms with Gasteiger partial charge in [0, 0.05) is 37.8 Å². The number of hydrogen-bond acceptors (Lipinski definition) is 5. The SMILES string of the molecule is NCC(=O)N1CCOC[C@H](Cc2ncccn2)C1. The number of nitrogens with zero attached hydrogens (tertiary/aromatic N) is 3. The highest BCUT2D eigenvalue weighted by Crippen LogP contribution is 2.11. The van der Waals surface area contributed by atoms with Crippen molar-refractivity contribution >= 4 is 5.91 Å². The molecule has 1 fully saturated rings. The van der Waals surface area contributed by atoms with E-state index in [0.717, 1.165) is 12.2 Å². The Balaban J connectivity index is 1.97. The van der Waals surface area contributed by atoms with Gasteiger partial charge in [0.2, 0.25) is 5.91 Å². The van der Waals surface area contributed by atoms with E-state index >= 15 is 0 Å². The smallest absolute Gasteiger partial charge is 0.236 e. The minimum absolute atomic E-state index is 0.0283. The van der Waals surface area contributed by atoms with E-state index < -0.39 is 0 Å². The van der Waals surface area contributed by atoms with Gasteiger partial charge in [-0.15, -0.1) is 0 Å². The van der Waals surface area contributed by atoms with Crippen LogP contribution in [0.3, 0.4) is 0 Å². The summed E-state index contributed by atoms with van der Waals surface area (Å²) in [7, 11) is 0. The summed E-state index contributed by atoms with van der Waals surface area (Å²) in [5, 5.41) is 0. The quantitative estimate of drug-likeness (QED) is 0.778. The molecule has 18 heavy (non-hydrogen) atoms. The lowest BCUT2D eigenvalue weighted by molar-refractivity contribution is -0.130. The third-order valence-corrected chi connectivity index (χ3v) is 2.96. The van der Waals surface area contributed by atoms with E-state index in [0.29, 0.717) is 26.3 Å². The molecule has 0 bridgehead atoms. The molecule has 1 aromatic rings. The van der Waals surface area contributed by atoms with E-state index in [4.69, 9.17) is 10.5 Å². The van der Waals surface area contributed by atoms with Gasteiger partial charge in [-0.2, -0.15) is 0 Å². The highest BCUT2D eigenvalue weighted by molar-refractivity contribution is 5.78. The molecular formula is C12H18N4O2. The molecule has 1 atom stereocenters.